The number of hydrogen-bond acceptors (Lipinski definition) is 4. The molecule has 150 valence electrons. The molecule has 1 aromatic rings. The van der Waals surface area contributed by atoms with Crippen LogP contribution in [0.2, 0.25) is 0 Å². The third-order valence-electron chi connectivity index (χ3n) is 4.46. The van der Waals surface area contributed by atoms with Gasteiger partial charge in [0.15, 0.2) is 0 Å². The first-order valence-electron chi connectivity index (χ1n) is 9.37. The quantitative estimate of drug-likeness (QED) is 0.823. The maximum atomic E-state index is 13.6. The zero-order valence-corrected chi connectivity index (χ0v) is 16.6. The van der Waals surface area contributed by atoms with E-state index in [9.17, 15) is 14.0 Å². The van der Waals surface area contributed by atoms with Gasteiger partial charge in [0.05, 0.1) is 6.54 Å². The summed E-state index contributed by atoms with van der Waals surface area (Å²) >= 11 is 0. The summed E-state index contributed by atoms with van der Waals surface area (Å²) in [5, 5.41) is 5.55. The first-order chi connectivity index (χ1) is 12.6. The number of ether oxygens (including phenoxy) is 1. The van der Waals surface area contributed by atoms with Gasteiger partial charge in [0.2, 0.25) is 5.91 Å². The third kappa shape index (κ3) is 7.54. The molecule has 1 heterocycles. The molecule has 7 heteroatoms. The van der Waals surface area contributed by atoms with E-state index >= 15 is 0 Å². The second-order valence-electron chi connectivity index (χ2n) is 8.11. The molecule has 0 radical (unpaired) electrons. The maximum absolute atomic E-state index is 13.6. The first kappa shape index (κ1) is 21.2. The van der Waals surface area contributed by atoms with Gasteiger partial charge >= 0.3 is 6.09 Å². The monoisotopic (exact) mass is 379 g/mol. The minimum atomic E-state index is -0.499. The van der Waals surface area contributed by atoms with Gasteiger partial charge in [-0.05, 0) is 77.2 Å². The highest BCUT2D eigenvalue weighted by Gasteiger charge is 2.22. The first-order valence-corrected chi connectivity index (χ1v) is 9.37. The number of carbonyl (C=O) groups is 2. The summed E-state index contributed by atoms with van der Waals surface area (Å²) in [6.45, 7) is 9.62. The molecule has 1 aliphatic rings. The highest BCUT2D eigenvalue weighted by atomic mass is 19.1. The van der Waals surface area contributed by atoms with Crippen LogP contribution < -0.4 is 10.6 Å². The fourth-order valence-electron chi connectivity index (χ4n) is 2.96. The molecular formula is C20H30FN3O3. The van der Waals surface area contributed by atoms with E-state index in [0.717, 1.165) is 25.9 Å². The molecule has 1 saturated heterocycles. The Morgan fingerprint density at radius 1 is 1.26 bits per heavy atom. The number of aryl methyl sites for hydroxylation is 1. The number of nitrogens with zero attached hydrogens (tertiary/aromatic N) is 1. The lowest BCUT2D eigenvalue weighted by atomic mass is 9.97. The number of piperidine rings is 1. The van der Waals surface area contributed by atoms with Crippen molar-refractivity contribution in [3.05, 3.63) is 29.6 Å². The molecule has 0 atom stereocenters. The number of anilines is 1. The summed E-state index contributed by atoms with van der Waals surface area (Å²) in [7, 11) is 0. The van der Waals surface area contributed by atoms with Crippen LogP contribution in [0.5, 0.6) is 0 Å². The van der Waals surface area contributed by atoms with Crippen molar-refractivity contribution < 1.29 is 18.7 Å². The molecule has 1 aromatic carbocycles. The number of alkyl carbamates (subject to hydrolysis) is 1. The summed E-state index contributed by atoms with van der Waals surface area (Å²) in [6.07, 6.45) is 1.42. The molecule has 0 aliphatic carbocycles. The largest absolute Gasteiger partial charge is 0.444 e. The zero-order chi connectivity index (χ0) is 20.0. The second-order valence-corrected chi connectivity index (χ2v) is 8.11. The highest BCUT2D eigenvalue weighted by Crippen LogP contribution is 2.17. The molecule has 6 nitrogen and oxygen atoms in total. The van der Waals surface area contributed by atoms with Crippen molar-refractivity contribution in [2.24, 2.45) is 5.92 Å². The van der Waals surface area contributed by atoms with Gasteiger partial charge in [0.1, 0.15) is 11.4 Å². The number of rotatable bonds is 5. The van der Waals surface area contributed by atoms with Crippen molar-refractivity contribution in [3.63, 3.8) is 0 Å². The van der Waals surface area contributed by atoms with Gasteiger partial charge in [0.25, 0.3) is 0 Å². The average Bonchev–Trinajstić information content (AvgIpc) is 2.56. The maximum Gasteiger partial charge on any atom is 0.407 e. The third-order valence-corrected chi connectivity index (χ3v) is 4.46. The number of halogens is 1. The molecule has 2 N–H and O–H groups in total. The number of hydrogen-bond donors (Lipinski definition) is 2. The van der Waals surface area contributed by atoms with E-state index in [-0.39, 0.29) is 18.3 Å². The van der Waals surface area contributed by atoms with Crippen LogP contribution in [-0.4, -0.2) is 48.7 Å². The van der Waals surface area contributed by atoms with Crippen molar-refractivity contribution in [3.8, 4) is 0 Å². The van der Waals surface area contributed by atoms with Gasteiger partial charge in [-0.2, -0.15) is 0 Å². The van der Waals surface area contributed by atoms with E-state index in [4.69, 9.17) is 4.74 Å². The predicted octanol–water partition coefficient (Wildman–Crippen LogP) is 3.31. The molecular weight excluding hydrogens is 349 g/mol. The van der Waals surface area contributed by atoms with E-state index in [2.05, 4.69) is 15.5 Å². The molecule has 1 fully saturated rings. The van der Waals surface area contributed by atoms with Crippen LogP contribution in [0.25, 0.3) is 0 Å². The van der Waals surface area contributed by atoms with Crippen molar-refractivity contribution >= 4 is 17.7 Å². The lowest BCUT2D eigenvalue weighted by Crippen LogP contribution is -2.42. The molecule has 2 amide bonds. The van der Waals surface area contributed by atoms with Crippen LogP contribution >= 0.6 is 0 Å². The van der Waals surface area contributed by atoms with Crippen LogP contribution in [0.1, 0.15) is 39.2 Å². The van der Waals surface area contributed by atoms with Crippen LogP contribution in [0, 0.1) is 18.7 Å². The van der Waals surface area contributed by atoms with E-state index < -0.39 is 11.7 Å². The van der Waals surface area contributed by atoms with Gasteiger partial charge in [0, 0.05) is 12.2 Å². The van der Waals surface area contributed by atoms with Gasteiger partial charge in [-0.25, -0.2) is 9.18 Å². The zero-order valence-electron chi connectivity index (χ0n) is 16.6. The van der Waals surface area contributed by atoms with E-state index in [1.807, 2.05) is 20.8 Å². The number of benzene rings is 1. The summed E-state index contributed by atoms with van der Waals surface area (Å²) in [5.74, 6) is -0.0993. The van der Waals surface area contributed by atoms with Crippen molar-refractivity contribution in [2.75, 3.05) is 31.5 Å². The Morgan fingerprint density at radius 2 is 1.93 bits per heavy atom. The fourth-order valence-corrected chi connectivity index (χ4v) is 2.96. The summed E-state index contributed by atoms with van der Waals surface area (Å²) in [6, 6.07) is 4.68. The van der Waals surface area contributed by atoms with E-state index in [1.165, 1.54) is 6.07 Å². The SMILES string of the molecule is Cc1ccc(NC(=O)CN2CCC(CNC(=O)OC(C)(C)C)CC2)cc1F. The summed E-state index contributed by atoms with van der Waals surface area (Å²) < 4.78 is 18.8. The molecule has 0 aromatic heterocycles. The van der Waals surface area contributed by atoms with E-state index in [1.54, 1.807) is 19.1 Å². The molecule has 0 spiro atoms. The smallest absolute Gasteiger partial charge is 0.407 e. The molecule has 27 heavy (non-hydrogen) atoms. The highest BCUT2D eigenvalue weighted by molar-refractivity contribution is 5.92. The molecule has 0 saturated carbocycles. The Hall–Kier alpha value is -2.15. The Balaban J connectivity index is 1.68. The number of amides is 2. The average molecular weight is 379 g/mol. The topological polar surface area (TPSA) is 70.7 Å². The number of nitrogens with one attached hydrogen (secondary N) is 2. The Morgan fingerprint density at radius 3 is 2.52 bits per heavy atom. The van der Waals surface area contributed by atoms with Gasteiger partial charge in [-0.3, -0.25) is 9.69 Å². The van der Waals surface area contributed by atoms with Crippen LogP contribution in [0.3, 0.4) is 0 Å². The minimum Gasteiger partial charge on any atom is -0.444 e. The van der Waals surface area contributed by atoms with Gasteiger partial charge in [-0.1, -0.05) is 6.07 Å². The Labute approximate surface area is 160 Å². The second kappa shape index (κ2) is 9.17. The number of carbonyl (C=O) groups excluding carboxylic acids is 2. The van der Waals surface area contributed by atoms with Crippen LogP contribution in [0.4, 0.5) is 14.9 Å². The number of likely N-dealkylation sites (tertiary alicyclic amines) is 1. The van der Waals surface area contributed by atoms with Crippen molar-refractivity contribution in [1.82, 2.24) is 10.2 Å². The lowest BCUT2D eigenvalue weighted by molar-refractivity contribution is -0.117. The van der Waals surface area contributed by atoms with Crippen LogP contribution in [-0.2, 0) is 9.53 Å². The lowest BCUT2D eigenvalue weighted by Gasteiger charge is -2.31. The summed E-state index contributed by atoms with van der Waals surface area (Å²) in [4.78, 5) is 25.9. The normalized spacial score (nSPS) is 16.0. The molecule has 0 unspecified atom stereocenters. The molecule has 1 aliphatic heterocycles. The molecule has 2 rings (SSSR count). The standard InChI is InChI=1S/C20H30FN3O3/c1-14-5-6-16(11-17(14)21)23-18(25)13-24-9-7-15(8-10-24)12-22-19(26)27-20(2,3)4/h5-6,11,15H,7-10,12-13H2,1-4H3,(H,22,26)(H,23,25). The van der Waals surface area contributed by atoms with Crippen molar-refractivity contribution in [1.29, 1.82) is 0 Å². The van der Waals surface area contributed by atoms with Crippen LogP contribution in [0.15, 0.2) is 18.2 Å². The van der Waals surface area contributed by atoms with Gasteiger partial charge < -0.3 is 15.4 Å². The van der Waals surface area contributed by atoms with E-state index in [0.29, 0.717) is 23.7 Å². The Kier molecular flexibility index (Phi) is 7.18. The molecule has 0 bridgehead atoms. The minimum absolute atomic E-state index is 0.149. The fraction of sp³-hybridized carbons (Fsp3) is 0.600. The van der Waals surface area contributed by atoms with Gasteiger partial charge in [-0.15, -0.1) is 0 Å². The predicted molar refractivity (Wildman–Crippen MR) is 103 cm³/mol. The van der Waals surface area contributed by atoms with Crippen molar-refractivity contribution in [2.45, 2.75) is 46.1 Å². The summed E-state index contributed by atoms with van der Waals surface area (Å²) in [5.41, 5.74) is 0.524. The Bertz CT molecular complexity index is 665.